The van der Waals surface area contributed by atoms with Gasteiger partial charge in [-0.2, -0.15) is 0 Å². The first-order chi connectivity index (χ1) is 6.45. The predicted octanol–water partition coefficient (Wildman–Crippen LogP) is 1.80. The SMILES string of the molecule is C1CCC(COCCC2CNC2)C1. The number of ether oxygens (including phenoxy) is 1. The van der Waals surface area contributed by atoms with E-state index in [1.54, 1.807) is 0 Å². The fourth-order valence-corrected chi connectivity index (χ4v) is 2.23. The van der Waals surface area contributed by atoms with Crippen LogP contribution < -0.4 is 5.32 Å². The van der Waals surface area contributed by atoms with E-state index in [9.17, 15) is 0 Å². The van der Waals surface area contributed by atoms with Crippen LogP contribution in [0, 0.1) is 11.8 Å². The van der Waals surface area contributed by atoms with Gasteiger partial charge in [-0.05, 0) is 44.2 Å². The van der Waals surface area contributed by atoms with Crippen molar-refractivity contribution in [3.63, 3.8) is 0 Å². The zero-order valence-corrected chi connectivity index (χ0v) is 8.43. The van der Waals surface area contributed by atoms with Gasteiger partial charge < -0.3 is 10.1 Å². The van der Waals surface area contributed by atoms with Gasteiger partial charge in [0.1, 0.15) is 0 Å². The summed E-state index contributed by atoms with van der Waals surface area (Å²) < 4.78 is 5.70. The van der Waals surface area contributed by atoms with Crippen molar-refractivity contribution in [2.45, 2.75) is 32.1 Å². The molecule has 2 aliphatic rings. The summed E-state index contributed by atoms with van der Waals surface area (Å²) in [5, 5.41) is 3.29. The Morgan fingerprint density at radius 3 is 2.46 bits per heavy atom. The molecular formula is C11H21NO. The minimum absolute atomic E-state index is 0.888. The van der Waals surface area contributed by atoms with Gasteiger partial charge in [-0.15, -0.1) is 0 Å². The number of hydrogen-bond donors (Lipinski definition) is 1. The summed E-state index contributed by atoms with van der Waals surface area (Å²) in [6.45, 7) is 4.45. The van der Waals surface area contributed by atoms with Crippen LogP contribution in [-0.2, 0) is 4.74 Å². The van der Waals surface area contributed by atoms with Crippen molar-refractivity contribution in [3.8, 4) is 0 Å². The highest BCUT2D eigenvalue weighted by Crippen LogP contribution is 2.24. The molecule has 1 N–H and O–H groups in total. The van der Waals surface area contributed by atoms with Gasteiger partial charge in [0.2, 0.25) is 0 Å². The van der Waals surface area contributed by atoms with Gasteiger partial charge in [-0.3, -0.25) is 0 Å². The topological polar surface area (TPSA) is 21.3 Å². The molecule has 2 rings (SSSR count). The van der Waals surface area contributed by atoms with Crippen molar-refractivity contribution < 1.29 is 4.74 Å². The van der Waals surface area contributed by atoms with Crippen LogP contribution in [0.2, 0.25) is 0 Å². The zero-order chi connectivity index (χ0) is 8.93. The number of nitrogens with one attached hydrogen (secondary N) is 1. The van der Waals surface area contributed by atoms with Crippen LogP contribution >= 0.6 is 0 Å². The highest BCUT2D eigenvalue weighted by Gasteiger charge is 2.17. The third kappa shape index (κ3) is 2.96. The first-order valence-electron chi connectivity index (χ1n) is 5.73. The molecule has 0 amide bonds. The molecule has 2 heteroatoms. The fraction of sp³-hybridized carbons (Fsp3) is 1.00. The molecule has 0 radical (unpaired) electrons. The van der Waals surface area contributed by atoms with Gasteiger partial charge >= 0.3 is 0 Å². The highest BCUT2D eigenvalue weighted by molar-refractivity contribution is 4.74. The second-order valence-electron chi connectivity index (χ2n) is 4.54. The van der Waals surface area contributed by atoms with Crippen molar-refractivity contribution in [3.05, 3.63) is 0 Å². The van der Waals surface area contributed by atoms with E-state index in [0.29, 0.717) is 0 Å². The molecule has 1 aliphatic carbocycles. The fourth-order valence-electron chi connectivity index (χ4n) is 2.23. The minimum atomic E-state index is 0.888. The van der Waals surface area contributed by atoms with Crippen LogP contribution in [0.5, 0.6) is 0 Å². The second kappa shape index (κ2) is 4.97. The molecule has 1 aliphatic heterocycles. The second-order valence-corrected chi connectivity index (χ2v) is 4.54. The molecule has 2 fully saturated rings. The van der Waals surface area contributed by atoms with Crippen molar-refractivity contribution in [2.24, 2.45) is 11.8 Å². The maximum absolute atomic E-state index is 5.70. The zero-order valence-electron chi connectivity index (χ0n) is 8.43. The first kappa shape index (κ1) is 9.47. The molecule has 13 heavy (non-hydrogen) atoms. The van der Waals surface area contributed by atoms with Crippen LogP contribution in [-0.4, -0.2) is 26.3 Å². The van der Waals surface area contributed by atoms with E-state index in [1.807, 2.05) is 0 Å². The maximum atomic E-state index is 5.70. The van der Waals surface area contributed by atoms with Gasteiger partial charge in [-0.1, -0.05) is 12.8 Å². The first-order valence-corrected chi connectivity index (χ1v) is 5.73. The Hall–Kier alpha value is -0.0800. The largest absolute Gasteiger partial charge is 0.381 e. The molecule has 0 unspecified atom stereocenters. The van der Waals surface area contributed by atoms with E-state index in [0.717, 1.165) is 25.0 Å². The Labute approximate surface area is 81.0 Å². The van der Waals surface area contributed by atoms with Crippen LogP contribution in [0.25, 0.3) is 0 Å². The van der Waals surface area contributed by atoms with Gasteiger partial charge in [0.05, 0.1) is 0 Å². The van der Waals surface area contributed by atoms with E-state index in [2.05, 4.69) is 5.32 Å². The van der Waals surface area contributed by atoms with E-state index in [4.69, 9.17) is 4.74 Å². The molecular weight excluding hydrogens is 162 g/mol. The molecule has 0 aromatic heterocycles. The third-order valence-electron chi connectivity index (χ3n) is 3.36. The lowest BCUT2D eigenvalue weighted by Crippen LogP contribution is -2.42. The Morgan fingerprint density at radius 2 is 1.85 bits per heavy atom. The quantitative estimate of drug-likeness (QED) is 0.656. The highest BCUT2D eigenvalue weighted by atomic mass is 16.5. The molecule has 0 bridgehead atoms. The van der Waals surface area contributed by atoms with Crippen molar-refractivity contribution >= 4 is 0 Å². The molecule has 1 heterocycles. The predicted molar refractivity (Wildman–Crippen MR) is 53.8 cm³/mol. The van der Waals surface area contributed by atoms with Crippen LogP contribution in [0.4, 0.5) is 0 Å². The standard InChI is InChI=1S/C11H21NO/c1-2-4-10(3-1)9-13-6-5-11-7-12-8-11/h10-12H,1-9H2. The van der Waals surface area contributed by atoms with Gasteiger partial charge in [0.25, 0.3) is 0 Å². The average molecular weight is 183 g/mol. The van der Waals surface area contributed by atoms with Crippen LogP contribution in [0.3, 0.4) is 0 Å². The molecule has 0 atom stereocenters. The van der Waals surface area contributed by atoms with E-state index in [1.165, 1.54) is 45.2 Å². The molecule has 0 aromatic carbocycles. The summed E-state index contributed by atoms with van der Waals surface area (Å²) in [4.78, 5) is 0. The minimum Gasteiger partial charge on any atom is -0.381 e. The summed E-state index contributed by atoms with van der Waals surface area (Å²) in [7, 11) is 0. The van der Waals surface area contributed by atoms with E-state index < -0.39 is 0 Å². The smallest absolute Gasteiger partial charge is 0.0494 e. The van der Waals surface area contributed by atoms with Crippen molar-refractivity contribution in [2.75, 3.05) is 26.3 Å². The molecule has 0 aromatic rings. The number of hydrogen-bond acceptors (Lipinski definition) is 2. The molecule has 0 spiro atoms. The average Bonchev–Trinajstić information content (AvgIpc) is 2.53. The summed E-state index contributed by atoms with van der Waals surface area (Å²) in [6, 6.07) is 0. The molecule has 1 saturated heterocycles. The summed E-state index contributed by atoms with van der Waals surface area (Å²) in [5.74, 6) is 1.79. The summed E-state index contributed by atoms with van der Waals surface area (Å²) in [5.41, 5.74) is 0. The molecule has 1 saturated carbocycles. The lowest BCUT2D eigenvalue weighted by molar-refractivity contribution is 0.0841. The van der Waals surface area contributed by atoms with Crippen molar-refractivity contribution in [1.82, 2.24) is 5.32 Å². The van der Waals surface area contributed by atoms with Gasteiger partial charge in [0, 0.05) is 13.2 Å². The Balaban J connectivity index is 1.43. The summed E-state index contributed by atoms with van der Waals surface area (Å²) in [6.07, 6.45) is 6.94. The Bertz CT molecular complexity index is 139. The van der Waals surface area contributed by atoms with Crippen LogP contribution in [0.1, 0.15) is 32.1 Å². The normalized spacial score (nSPS) is 24.9. The van der Waals surface area contributed by atoms with Crippen molar-refractivity contribution in [1.29, 1.82) is 0 Å². The van der Waals surface area contributed by atoms with E-state index >= 15 is 0 Å². The number of rotatable bonds is 5. The third-order valence-corrected chi connectivity index (χ3v) is 3.36. The molecule has 76 valence electrons. The van der Waals surface area contributed by atoms with E-state index in [-0.39, 0.29) is 0 Å². The monoisotopic (exact) mass is 183 g/mol. The Morgan fingerprint density at radius 1 is 1.08 bits per heavy atom. The maximum Gasteiger partial charge on any atom is 0.0494 e. The Kier molecular flexibility index (Phi) is 3.62. The van der Waals surface area contributed by atoms with Gasteiger partial charge in [-0.25, -0.2) is 0 Å². The lowest BCUT2D eigenvalue weighted by Gasteiger charge is -2.26. The summed E-state index contributed by atoms with van der Waals surface area (Å²) >= 11 is 0. The lowest BCUT2D eigenvalue weighted by atomic mass is 10.0. The van der Waals surface area contributed by atoms with Gasteiger partial charge in [0.15, 0.2) is 0 Å². The molecule has 2 nitrogen and oxygen atoms in total. The van der Waals surface area contributed by atoms with Crippen LogP contribution in [0.15, 0.2) is 0 Å².